The third-order valence-electron chi connectivity index (χ3n) is 3.06. The summed E-state index contributed by atoms with van der Waals surface area (Å²) in [5.74, 6) is 0.340. The van der Waals surface area contributed by atoms with Gasteiger partial charge in [-0.3, -0.25) is 4.79 Å². The number of pyridine rings is 1. The lowest BCUT2D eigenvalue weighted by atomic mass is 9.91. The lowest BCUT2D eigenvalue weighted by Gasteiger charge is -2.27. The number of rotatable bonds is 2. The van der Waals surface area contributed by atoms with E-state index in [1.54, 1.807) is 6.07 Å². The van der Waals surface area contributed by atoms with E-state index in [9.17, 15) is 4.79 Å². The highest BCUT2D eigenvalue weighted by molar-refractivity contribution is 9.10. The minimum Gasteiger partial charge on any atom is -0.306 e. The van der Waals surface area contributed by atoms with Crippen LogP contribution in [0.1, 0.15) is 23.3 Å². The summed E-state index contributed by atoms with van der Waals surface area (Å²) >= 11 is 3.29. The first-order valence-corrected chi connectivity index (χ1v) is 6.31. The maximum Gasteiger partial charge on any atom is 0.184 e. The van der Waals surface area contributed by atoms with E-state index in [0.717, 1.165) is 30.5 Å². The molecule has 0 N–H and O–H groups in total. The first-order valence-electron chi connectivity index (χ1n) is 5.52. The van der Waals surface area contributed by atoms with Crippen LogP contribution in [0.5, 0.6) is 0 Å². The highest BCUT2D eigenvalue weighted by atomic mass is 79.9. The predicted molar refractivity (Wildman–Crippen MR) is 76.8 cm³/mol. The molecule has 1 saturated heterocycles. The molecule has 0 bridgehead atoms. The molecule has 2 rings (SSSR count). The number of nitrogens with zero attached hydrogens (tertiary/aromatic N) is 2. The van der Waals surface area contributed by atoms with Crippen LogP contribution in [-0.4, -0.2) is 35.8 Å². The van der Waals surface area contributed by atoms with Gasteiger partial charge in [0.15, 0.2) is 5.78 Å². The van der Waals surface area contributed by atoms with Gasteiger partial charge in [-0.05, 0) is 61.0 Å². The monoisotopic (exact) mass is 362 g/mol. The Labute approximate surface area is 121 Å². The number of hydrogen-bond donors (Lipinski definition) is 0. The van der Waals surface area contributed by atoms with Crippen molar-refractivity contribution in [2.45, 2.75) is 12.8 Å². The van der Waals surface area contributed by atoms with Gasteiger partial charge in [0.05, 0.1) is 0 Å². The summed E-state index contributed by atoms with van der Waals surface area (Å²) < 4.78 is 0.728. The Bertz CT molecular complexity index is 390. The minimum absolute atomic E-state index is 0. The van der Waals surface area contributed by atoms with Crippen LogP contribution < -0.4 is 0 Å². The molecule has 1 aromatic heterocycles. The van der Waals surface area contributed by atoms with Crippen molar-refractivity contribution < 1.29 is 4.79 Å². The van der Waals surface area contributed by atoms with Gasteiger partial charge in [-0.15, -0.1) is 17.0 Å². The first kappa shape index (κ1) is 14.8. The number of ketones is 1. The zero-order valence-electron chi connectivity index (χ0n) is 9.73. The molecule has 0 spiro atoms. The molecule has 17 heavy (non-hydrogen) atoms. The summed E-state index contributed by atoms with van der Waals surface area (Å²) in [6.07, 6.45) is 1.90. The van der Waals surface area contributed by atoms with E-state index in [1.165, 1.54) is 0 Å². The fourth-order valence-corrected chi connectivity index (χ4v) is 2.37. The molecule has 0 amide bonds. The summed E-state index contributed by atoms with van der Waals surface area (Å²) in [6, 6.07) is 5.50. The summed E-state index contributed by atoms with van der Waals surface area (Å²) in [7, 11) is 2.10. The van der Waals surface area contributed by atoms with Crippen LogP contribution in [0.2, 0.25) is 0 Å². The average molecular weight is 364 g/mol. The molecule has 2 heterocycles. The summed E-state index contributed by atoms with van der Waals surface area (Å²) in [4.78, 5) is 18.6. The van der Waals surface area contributed by atoms with E-state index in [2.05, 4.69) is 32.9 Å². The Morgan fingerprint density at radius 3 is 2.65 bits per heavy atom. The van der Waals surface area contributed by atoms with Crippen molar-refractivity contribution in [1.82, 2.24) is 9.88 Å². The molecule has 0 saturated carbocycles. The Kier molecular flexibility index (Phi) is 5.76. The molecular formula is C12H16Br2N2O. The molecule has 94 valence electrons. The number of halogens is 2. The maximum absolute atomic E-state index is 12.2. The standard InChI is InChI=1S/C12H15BrN2O.BrH/c1-15-7-5-9(6-8-15)12(16)10-3-2-4-11(13)14-10;/h2-4,9H,5-8H2,1H3;1H. The molecule has 3 nitrogen and oxygen atoms in total. The fraction of sp³-hybridized carbons (Fsp3) is 0.500. The molecule has 5 heteroatoms. The number of carbonyl (C=O) groups excluding carboxylic acids is 1. The average Bonchev–Trinajstić information content (AvgIpc) is 2.29. The van der Waals surface area contributed by atoms with Gasteiger partial charge in [0, 0.05) is 5.92 Å². The Morgan fingerprint density at radius 1 is 1.41 bits per heavy atom. The van der Waals surface area contributed by atoms with Gasteiger partial charge in [0.1, 0.15) is 10.3 Å². The Balaban J connectivity index is 0.00000144. The van der Waals surface area contributed by atoms with Crippen LogP contribution in [0.3, 0.4) is 0 Å². The minimum atomic E-state index is 0. The molecular weight excluding hydrogens is 348 g/mol. The smallest absolute Gasteiger partial charge is 0.184 e. The van der Waals surface area contributed by atoms with E-state index in [0.29, 0.717) is 5.69 Å². The van der Waals surface area contributed by atoms with Crippen molar-refractivity contribution in [1.29, 1.82) is 0 Å². The lowest BCUT2D eigenvalue weighted by Crippen LogP contribution is -2.33. The van der Waals surface area contributed by atoms with Gasteiger partial charge in [-0.25, -0.2) is 4.98 Å². The summed E-state index contributed by atoms with van der Waals surface area (Å²) in [6.45, 7) is 2.01. The van der Waals surface area contributed by atoms with Crippen molar-refractivity contribution in [3.8, 4) is 0 Å². The number of carbonyl (C=O) groups is 1. The van der Waals surface area contributed by atoms with Crippen molar-refractivity contribution >= 4 is 38.7 Å². The second-order valence-corrected chi connectivity index (χ2v) is 5.10. The van der Waals surface area contributed by atoms with E-state index >= 15 is 0 Å². The van der Waals surface area contributed by atoms with Gasteiger partial charge in [0.2, 0.25) is 0 Å². The fourth-order valence-electron chi connectivity index (χ4n) is 2.03. The van der Waals surface area contributed by atoms with Crippen LogP contribution in [0.15, 0.2) is 22.8 Å². The SMILES string of the molecule is Br.CN1CCC(C(=O)c2cccc(Br)n2)CC1. The number of piperidine rings is 1. The summed E-state index contributed by atoms with van der Waals surface area (Å²) in [5, 5.41) is 0. The third kappa shape index (κ3) is 3.86. The van der Waals surface area contributed by atoms with E-state index in [-0.39, 0.29) is 28.7 Å². The first-order chi connectivity index (χ1) is 7.66. The maximum atomic E-state index is 12.2. The largest absolute Gasteiger partial charge is 0.306 e. The molecule has 0 aromatic carbocycles. The van der Waals surface area contributed by atoms with Crippen LogP contribution in [0.25, 0.3) is 0 Å². The highest BCUT2D eigenvalue weighted by Gasteiger charge is 2.25. The molecule has 1 aliphatic heterocycles. The Morgan fingerprint density at radius 2 is 2.06 bits per heavy atom. The number of aromatic nitrogens is 1. The summed E-state index contributed by atoms with van der Waals surface area (Å²) in [5.41, 5.74) is 0.587. The molecule has 1 fully saturated rings. The lowest BCUT2D eigenvalue weighted by molar-refractivity contribution is 0.0851. The topological polar surface area (TPSA) is 33.2 Å². The zero-order chi connectivity index (χ0) is 11.5. The van der Waals surface area contributed by atoms with Crippen molar-refractivity contribution in [2.24, 2.45) is 5.92 Å². The third-order valence-corrected chi connectivity index (χ3v) is 3.50. The number of likely N-dealkylation sites (tertiary alicyclic amines) is 1. The van der Waals surface area contributed by atoms with Crippen LogP contribution in [0.4, 0.5) is 0 Å². The molecule has 0 aliphatic carbocycles. The highest BCUT2D eigenvalue weighted by Crippen LogP contribution is 2.20. The number of Topliss-reactive ketones (excluding diaryl/α,β-unsaturated/α-hetero) is 1. The van der Waals surface area contributed by atoms with Gasteiger partial charge in [-0.1, -0.05) is 6.07 Å². The normalized spacial score (nSPS) is 17.5. The van der Waals surface area contributed by atoms with E-state index < -0.39 is 0 Å². The van der Waals surface area contributed by atoms with Crippen molar-refractivity contribution in [3.05, 3.63) is 28.5 Å². The predicted octanol–water partition coefficient (Wildman–Crippen LogP) is 2.95. The Hall–Kier alpha value is -0.260. The molecule has 1 aromatic rings. The zero-order valence-corrected chi connectivity index (χ0v) is 13.0. The van der Waals surface area contributed by atoms with Crippen LogP contribution in [-0.2, 0) is 0 Å². The van der Waals surface area contributed by atoms with Crippen molar-refractivity contribution in [2.75, 3.05) is 20.1 Å². The molecule has 1 aliphatic rings. The second-order valence-electron chi connectivity index (χ2n) is 4.29. The number of hydrogen-bond acceptors (Lipinski definition) is 3. The van der Waals surface area contributed by atoms with Gasteiger partial charge < -0.3 is 4.90 Å². The molecule has 0 unspecified atom stereocenters. The van der Waals surface area contributed by atoms with Crippen molar-refractivity contribution in [3.63, 3.8) is 0 Å². The van der Waals surface area contributed by atoms with Gasteiger partial charge >= 0.3 is 0 Å². The van der Waals surface area contributed by atoms with Gasteiger partial charge in [-0.2, -0.15) is 0 Å². The van der Waals surface area contributed by atoms with Crippen LogP contribution >= 0.6 is 32.9 Å². The van der Waals surface area contributed by atoms with Gasteiger partial charge in [0.25, 0.3) is 0 Å². The van der Waals surface area contributed by atoms with E-state index in [1.807, 2.05) is 12.1 Å². The quantitative estimate of drug-likeness (QED) is 0.598. The second kappa shape index (κ2) is 6.61. The van der Waals surface area contributed by atoms with E-state index in [4.69, 9.17) is 0 Å². The molecule has 0 atom stereocenters. The van der Waals surface area contributed by atoms with Crippen LogP contribution in [0, 0.1) is 5.92 Å². The molecule has 0 radical (unpaired) electrons.